The Balaban J connectivity index is 2.07. The molecule has 0 bridgehead atoms. The molecule has 1 aromatic carbocycles. The van der Waals surface area contributed by atoms with Crippen molar-refractivity contribution in [1.82, 2.24) is 5.32 Å². The molecule has 0 saturated heterocycles. The van der Waals surface area contributed by atoms with Gasteiger partial charge in [-0.2, -0.15) is 5.26 Å². The highest BCUT2D eigenvalue weighted by atomic mass is 16.3. The molecule has 0 spiro atoms. The van der Waals surface area contributed by atoms with Crippen molar-refractivity contribution in [3.63, 3.8) is 0 Å². The molecule has 0 heterocycles. The molecule has 1 saturated carbocycles. The van der Waals surface area contributed by atoms with Gasteiger partial charge in [-0.15, -0.1) is 0 Å². The number of benzene rings is 1. The lowest BCUT2D eigenvalue weighted by atomic mass is 10.0. The summed E-state index contributed by atoms with van der Waals surface area (Å²) in [6.07, 6.45) is 1.23. The van der Waals surface area contributed by atoms with Crippen LogP contribution in [-0.4, -0.2) is 17.6 Å². The first kappa shape index (κ1) is 11.6. The van der Waals surface area contributed by atoms with E-state index in [4.69, 9.17) is 5.26 Å². The van der Waals surface area contributed by atoms with E-state index in [1.807, 2.05) is 36.4 Å². The summed E-state index contributed by atoms with van der Waals surface area (Å²) in [4.78, 5) is 11.9. The summed E-state index contributed by atoms with van der Waals surface area (Å²) in [5, 5.41) is 20.9. The Hall–Kier alpha value is -1.86. The Bertz CT molecular complexity index is 446. The molecule has 2 N–H and O–H groups in total. The van der Waals surface area contributed by atoms with Crippen LogP contribution in [0, 0.1) is 16.7 Å². The zero-order chi connectivity index (χ0) is 12.3. The summed E-state index contributed by atoms with van der Waals surface area (Å²) >= 11 is 0. The van der Waals surface area contributed by atoms with E-state index in [0.29, 0.717) is 12.8 Å². The number of hydrogen-bond donors (Lipinski definition) is 2. The van der Waals surface area contributed by atoms with Crippen molar-refractivity contribution in [1.29, 1.82) is 5.26 Å². The largest absolute Gasteiger partial charge is 0.394 e. The SMILES string of the molecule is N#CC1(C(=O)NC(CO)c2ccccc2)CC1. The molecular formula is C13H14N2O2. The number of nitrogens with zero attached hydrogens (tertiary/aromatic N) is 1. The fourth-order valence-corrected chi connectivity index (χ4v) is 1.73. The molecule has 0 aromatic heterocycles. The van der Waals surface area contributed by atoms with Gasteiger partial charge in [-0.05, 0) is 18.4 Å². The van der Waals surface area contributed by atoms with Crippen LogP contribution < -0.4 is 5.32 Å². The summed E-state index contributed by atoms with van der Waals surface area (Å²) in [6, 6.07) is 10.9. The Kier molecular flexibility index (Phi) is 3.12. The van der Waals surface area contributed by atoms with Crippen LogP contribution in [0.1, 0.15) is 24.4 Å². The molecule has 1 unspecified atom stereocenters. The molecule has 0 aliphatic heterocycles. The number of nitrogens with one attached hydrogen (secondary N) is 1. The lowest BCUT2D eigenvalue weighted by Crippen LogP contribution is -2.36. The van der Waals surface area contributed by atoms with Gasteiger partial charge in [-0.3, -0.25) is 4.79 Å². The molecule has 2 rings (SSSR count). The fraction of sp³-hybridized carbons (Fsp3) is 0.385. The molecule has 0 radical (unpaired) electrons. The minimum absolute atomic E-state index is 0.169. The zero-order valence-electron chi connectivity index (χ0n) is 9.39. The standard InChI is InChI=1S/C13H14N2O2/c14-9-13(6-7-13)12(17)15-11(8-16)10-4-2-1-3-5-10/h1-5,11,16H,6-8H2,(H,15,17). The summed E-state index contributed by atoms with van der Waals surface area (Å²) in [6.45, 7) is -0.169. The van der Waals surface area contributed by atoms with Crippen LogP contribution in [0.5, 0.6) is 0 Å². The average molecular weight is 230 g/mol. The number of carbonyl (C=O) groups is 1. The molecule has 17 heavy (non-hydrogen) atoms. The lowest BCUT2D eigenvalue weighted by Gasteiger charge is -2.18. The molecule has 88 valence electrons. The highest BCUT2D eigenvalue weighted by molar-refractivity contribution is 5.88. The first-order valence-electron chi connectivity index (χ1n) is 5.60. The van der Waals surface area contributed by atoms with Crippen LogP contribution in [0.4, 0.5) is 0 Å². The number of carbonyl (C=O) groups excluding carboxylic acids is 1. The van der Waals surface area contributed by atoms with Gasteiger partial charge in [0.25, 0.3) is 0 Å². The number of hydrogen-bond acceptors (Lipinski definition) is 3. The van der Waals surface area contributed by atoms with Gasteiger partial charge >= 0.3 is 0 Å². The number of rotatable bonds is 4. The van der Waals surface area contributed by atoms with Gasteiger partial charge in [-0.1, -0.05) is 30.3 Å². The predicted octanol–water partition coefficient (Wildman–Crippen LogP) is 1.14. The monoisotopic (exact) mass is 230 g/mol. The third-order valence-electron chi connectivity index (χ3n) is 3.09. The van der Waals surface area contributed by atoms with Crippen LogP contribution in [0.2, 0.25) is 0 Å². The smallest absolute Gasteiger partial charge is 0.241 e. The van der Waals surface area contributed by atoms with Crippen molar-refractivity contribution >= 4 is 5.91 Å². The summed E-state index contributed by atoms with van der Waals surface area (Å²) in [5.41, 5.74) is -0.000512. The van der Waals surface area contributed by atoms with Crippen LogP contribution in [-0.2, 0) is 4.79 Å². The van der Waals surface area contributed by atoms with E-state index >= 15 is 0 Å². The van der Waals surface area contributed by atoms with E-state index in [-0.39, 0.29) is 12.5 Å². The third-order valence-corrected chi connectivity index (χ3v) is 3.09. The predicted molar refractivity (Wildman–Crippen MR) is 61.7 cm³/mol. The minimum Gasteiger partial charge on any atom is -0.394 e. The molecule has 1 fully saturated rings. The van der Waals surface area contributed by atoms with Gasteiger partial charge in [0, 0.05) is 0 Å². The van der Waals surface area contributed by atoms with E-state index in [1.165, 1.54) is 0 Å². The van der Waals surface area contributed by atoms with E-state index < -0.39 is 11.5 Å². The number of aliphatic hydroxyl groups excluding tert-OH is 1. The first-order chi connectivity index (χ1) is 8.22. The van der Waals surface area contributed by atoms with Gasteiger partial charge < -0.3 is 10.4 Å². The van der Waals surface area contributed by atoms with Crippen molar-refractivity contribution in [2.75, 3.05) is 6.61 Å². The molecule has 1 amide bonds. The maximum atomic E-state index is 11.9. The summed E-state index contributed by atoms with van der Waals surface area (Å²) in [7, 11) is 0. The zero-order valence-corrected chi connectivity index (χ0v) is 9.39. The van der Waals surface area contributed by atoms with E-state index in [0.717, 1.165) is 5.56 Å². The van der Waals surface area contributed by atoms with Crippen LogP contribution in [0.15, 0.2) is 30.3 Å². The maximum Gasteiger partial charge on any atom is 0.241 e. The topological polar surface area (TPSA) is 73.1 Å². The fourth-order valence-electron chi connectivity index (χ4n) is 1.73. The second-order valence-electron chi connectivity index (χ2n) is 4.31. The van der Waals surface area contributed by atoms with Crippen LogP contribution in [0.3, 0.4) is 0 Å². The van der Waals surface area contributed by atoms with Crippen LogP contribution in [0.25, 0.3) is 0 Å². The van der Waals surface area contributed by atoms with Gasteiger partial charge in [0.05, 0.1) is 18.7 Å². The lowest BCUT2D eigenvalue weighted by molar-refractivity contribution is -0.125. The number of amides is 1. The first-order valence-corrected chi connectivity index (χ1v) is 5.60. The van der Waals surface area contributed by atoms with Crippen molar-refractivity contribution in [2.45, 2.75) is 18.9 Å². The molecule has 1 atom stereocenters. The van der Waals surface area contributed by atoms with Crippen molar-refractivity contribution in [2.24, 2.45) is 5.41 Å². The summed E-state index contributed by atoms with van der Waals surface area (Å²) in [5.74, 6) is -0.275. The molecule has 1 aliphatic carbocycles. The maximum absolute atomic E-state index is 11.9. The number of nitriles is 1. The summed E-state index contributed by atoms with van der Waals surface area (Å²) < 4.78 is 0. The average Bonchev–Trinajstić information content (AvgIpc) is 3.17. The molecule has 4 nitrogen and oxygen atoms in total. The minimum atomic E-state index is -0.845. The number of aliphatic hydroxyl groups is 1. The normalized spacial score (nSPS) is 17.9. The van der Waals surface area contributed by atoms with Gasteiger partial charge in [0.2, 0.25) is 5.91 Å². The van der Waals surface area contributed by atoms with Gasteiger partial charge in [0.15, 0.2) is 0 Å². The van der Waals surface area contributed by atoms with E-state index in [9.17, 15) is 9.90 Å². The molecular weight excluding hydrogens is 216 g/mol. The van der Waals surface area contributed by atoms with Crippen LogP contribution >= 0.6 is 0 Å². The van der Waals surface area contributed by atoms with E-state index in [1.54, 1.807) is 0 Å². The Labute approximate surface area is 99.9 Å². The van der Waals surface area contributed by atoms with Crippen molar-refractivity contribution < 1.29 is 9.90 Å². The Morgan fingerprint density at radius 3 is 2.59 bits per heavy atom. The highest BCUT2D eigenvalue weighted by Crippen LogP contribution is 2.45. The van der Waals surface area contributed by atoms with Gasteiger partial charge in [-0.25, -0.2) is 0 Å². The quantitative estimate of drug-likeness (QED) is 0.814. The molecule has 1 aliphatic rings. The van der Waals surface area contributed by atoms with Crippen molar-refractivity contribution in [3.8, 4) is 6.07 Å². The Morgan fingerprint density at radius 2 is 2.12 bits per heavy atom. The highest BCUT2D eigenvalue weighted by Gasteiger charge is 2.51. The third kappa shape index (κ3) is 2.29. The second kappa shape index (κ2) is 4.56. The molecule has 1 aromatic rings. The second-order valence-corrected chi connectivity index (χ2v) is 4.31. The van der Waals surface area contributed by atoms with Crippen molar-refractivity contribution in [3.05, 3.63) is 35.9 Å². The van der Waals surface area contributed by atoms with E-state index in [2.05, 4.69) is 5.32 Å². The van der Waals surface area contributed by atoms with Gasteiger partial charge in [0.1, 0.15) is 5.41 Å². The molecule has 4 heteroatoms. The Morgan fingerprint density at radius 1 is 1.47 bits per heavy atom.